The highest BCUT2D eigenvalue weighted by Gasteiger charge is 2.29. The zero-order valence-electron chi connectivity index (χ0n) is 14.3. The third-order valence-electron chi connectivity index (χ3n) is 3.71. The lowest BCUT2D eigenvalue weighted by atomic mass is 9.82. The van der Waals surface area contributed by atoms with E-state index in [0.717, 1.165) is 11.3 Å². The summed E-state index contributed by atoms with van der Waals surface area (Å²) in [6, 6.07) is 9.24. The van der Waals surface area contributed by atoms with Crippen molar-refractivity contribution >= 4 is 5.91 Å². The van der Waals surface area contributed by atoms with Gasteiger partial charge in [0.05, 0.1) is 13.2 Å². The summed E-state index contributed by atoms with van der Waals surface area (Å²) in [7, 11) is 1.63. The smallest absolute Gasteiger partial charge is 0.273 e. The van der Waals surface area contributed by atoms with Crippen molar-refractivity contribution in [1.82, 2.24) is 10.5 Å². The fourth-order valence-electron chi connectivity index (χ4n) is 2.41. The van der Waals surface area contributed by atoms with Gasteiger partial charge >= 0.3 is 0 Å². The van der Waals surface area contributed by atoms with E-state index in [4.69, 9.17) is 9.26 Å². The molecule has 1 N–H and O–H groups in total. The summed E-state index contributed by atoms with van der Waals surface area (Å²) in [6.07, 6.45) is 0.707. The standard InChI is InChI=1S/C18H24N2O3/c1-6-13-11-15(20-23-13)17(21)19-16(18(2,3)4)12-8-7-9-14(10-12)22-5/h7-11,16H,6H2,1-5H3,(H,19,21). The van der Waals surface area contributed by atoms with Crippen molar-refractivity contribution in [3.63, 3.8) is 0 Å². The van der Waals surface area contributed by atoms with Gasteiger partial charge in [0.2, 0.25) is 0 Å². The van der Waals surface area contributed by atoms with Crippen molar-refractivity contribution in [1.29, 1.82) is 0 Å². The fraction of sp³-hybridized carbons (Fsp3) is 0.444. The first kappa shape index (κ1) is 17.1. The van der Waals surface area contributed by atoms with Crippen LogP contribution in [-0.4, -0.2) is 18.2 Å². The number of hydrogen-bond donors (Lipinski definition) is 1. The van der Waals surface area contributed by atoms with E-state index < -0.39 is 0 Å². The van der Waals surface area contributed by atoms with Crippen molar-refractivity contribution in [3.05, 3.63) is 47.3 Å². The minimum Gasteiger partial charge on any atom is -0.497 e. The number of methoxy groups -OCH3 is 1. The molecule has 0 saturated carbocycles. The number of nitrogens with zero attached hydrogens (tertiary/aromatic N) is 1. The van der Waals surface area contributed by atoms with Gasteiger partial charge in [0.1, 0.15) is 11.5 Å². The summed E-state index contributed by atoms with van der Waals surface area (Å²) in [6.45, 7) is 8.20. The SMILES string of the molecule is CCc1cc(C(=O)NC(c2cccc(OC)c2)C(C)(C)C)no1. The van der Waals surface area contributed by atoms with Gasteiger partial charge < -0.3 is 14.6 Å². The average Bonchev–Trinajstić information content (AvgIpc) is 3.00. The molecule has 0 aliphatic heterocycles. The molecule has 23 heavy (non-hydrogen) atoms. The molecule has 0 aliphatic carbocycles. The molecule has 5 nitrogen and oxygen atoms in total. The number of ether oxygens (including phenoxy) is 1. The number of aryl methyl sites for hydroxylation is 1. The lowest BCUT2D eigenvalue weighted by Crippen LogP contribution is -2.36. The van der Waals surface area contributed by atoms with Crippen molar-refractivity contribution in [2.45, 2.75) is 40.2 Å². The van der Waals surface area contributed by atoms with Crippen LogP contribution < -0.4 is 10.1 Å². The van der Waals surface area contributed by atoms with Crippen LogP contribution in [0.4, 0.5) is 0 Å². The third-order valence-corrected chi connectivity index (χ3v) is 3.71. The van der Waals surface area contributed by atoms with Crippen LogP contribution in [0.2, 0.25) is 0 Å². The van der Waals surface area contributed by atoms with Crippen LogP contribution in [0.15, 0.2) is 34.9 Å². The topological polar surface area (TPSA) is 64.4 Å². The Hall–Kier alpha value is -2.30. The number of amides is 1. The molecule has 1 aromatic carbocycles. The molecule has 1 atom stereocenters. The van der Waals surface area contributed by atoms with Crippen LogP contribution >= 0.6 is 0 Å². The minimum absolute atomic E-state index is 0.167. The summed E-state index contributed by atoms with van der Waals surface area (Å²) < 4.78 is 10.4. The monoisotopic (exact) mass is 316 g/mol. The molecular weight excluding hydrogens is 292 g/mol. The largest absolute Gasteiger partial charge is 0.497 e. The first-order valence-electron chi connectivity index (χ1n) is 7.75. The molecule has 0 saturated heterocycles. The van der Waals surface area contributed by atoms with Crippen LogP contribution in [0.5, 0.6) is 5.75 Å². The van der Waals surface area contributed by atoms with Gasteiger partial charge in [-0.2, -0.15) is 0 Å². The molecule has 2 rings (SSSR count). The van der Waals surface area contributed by atoms with Crippen molar-refractivity contribution in [3.8, 4) is 5.75 Å². The second-order valence-electron chi connectivity index (χ2n) is 6.58. The average molecular weight is 316 g/mol. The maximum Gasteiger partial charge on any atom is 0.273 e. The zero-order chi connectivity index (χ0) is 17.0. The Morgan fingerprint density at radius 1 is 1.35 bits per heavy atom. The first-order valence-corrected chi connectivity index (χ1v) is 7.75. The van der Waals surface area contributed by atoms with E-state index in [0.29, 0.717) is 17.9 Å². The van der Waals surface area contributed by atoms with E-state index in [9.17, 15) is 4.79 Å². The minimum atomic E-state index is -0.240. The lowest BCUT2D eigenvalue weighted by molar-refractivity contribution is 0.0892. The fourth-order valence-corrected chi connectivity index (χ4v) is 2.41. The number of aromatic nitrogens is 1. The summed E-state index contributed by atoms with van der Waals surface area (Å²) in [5.41, 5.74) is 1.13. The Balaban J connectivity index is 2.27. The molecule has 0 spiro atoms. The number of benzene rings is 1. The molecule has 2 aromatic rings. The highest BCUT2D eigenvalue weighted by molar-refractivity contribution is 5.92. The van der Waals surface area contributed by atoms with E-state index in [2.05, 4.69) is 31.2 Å². The second kappa shape index (κ2) is 6.86. The van der Waals surface area contributed by atoms with E-state index in [1.54, 1.807) is 13.2 Å². The van der Waals surface area contributed by atoms with Crippen LogP contribution in [0.1, 0.15) is 55.5 Å². The molecule has 0 bridgehead atoms. The van der Waals surface area contributed by atoms with Crippen LogP contribution in [0, 0.1) is 5.41 Å². The Kier molecular flexibility index (Phi) is 5.08. The van der Waals surface area contributed by atoms with Crippen LogP contribution in [0.3, 0.4) is 0 Å². The predicted molar refractivity (Wildman–Crippen MR) is 88.5 cm³/mol. The highest BCUT2D eigenvalue weighted by atomic mass is 16.5. The Morgan fingerprint density at radius 3 is 2.65 bits per heavy atom. The molecule has 0 radical (unpaired) electrons. The lowest BCUT2D eigenvalue weighted by Gasteiger charge is -2.32. The van der Waals surface area contributed by atoms with Gasteiger partial charge in [-0.25, -0.2) is 0 Å². The number of nitrogens with one attached hydrogen (secondary N) is 1. The Morgan fingerprint density at radius 2 is 2.09 bits per heavy atom. The molecule has 5 heteroatoms. The van der Waals surface area contributed by atoms with Gasteiger partial charge in [-0.3, -0.25) is 4.79 Å². The van der Waals surface area contributed by atoms with Gasteiger partial charge in [0.15, 0.2) is 5.69 Å². The molecular formula is C18H24N2O3. The number of hydrogen-bond acceptors (Lipinski definition) is 4. The number of rotatable bonds is 5. The summed E-state index contributed by atoms with van der Waals surface area (Å²) in [4.78, 5) is 12.5. The van der Waals surface area contributed by atoms with Crippen molar-refractivity contribution < 1.29 is 14.1 Å². The van der Waals surface area contributed by atoms with Crippen molar-refractivity contribution in [2.24, 2.45) is 5.41 Å². The van der Waals surface area contributed by atoms with E-state index in [1.165, 1.54) is 0 Å². The Bertz CT molecular complexity index is 671. The molecule has 124 valence electrons. The zero-order valence-corrected chi connectivity index (χ0v) is 14.3. The van der Waals surface area contributed by atoms with Crippen LogP contribution in [-0.2, 0) is 6.42 Å². The van der Waals surface area contributed by atoms with E-state index in [-0.39, 0.29) is 17.4 Å². The molecule has 1 unspecified atom stereocenters. The molecule has 1 aromatic heterocycles. The molecule has 1 heterocycles. The Labute approximate surface area is 137 Å². The highest BCUT2D eigenvalue weighted by Crippen LogP contribution is 2.34. The van der Waals surface area contributed by atoms with E-state index >= 15 is 0 Å². The van der Waals surface area contributed by atoms with Gasteiger partial charge in [0, 0.05) is 12.5 Å². The summed E-state index contributed by atoms with van der Waals surface area (Å²) in [5, 5.41) is 6.90. The van der Waals surface area contributed by atoms with Crippen LogP contribution in [0.25, 0.3) is 0 Å². The second-order valence-corrected chi connectivity index (χ2v) is 6.58. The third kappa shape index (κ3) is 4.12. The quantitative estimate of drug-likeness (QED) is 0.912. The first-order chi connectivity index (χ1) is 10.8. The maximum atomic E-state index is 12.5. The number of carbonyl (C=O) groups excluding carboxylic acids is 1. The van der Waals surface area contributed by atoms with Crippen molar-refractivity contribution in [2.75, 3.05) is 7.11 Å². The summed E-state index contributed by atoms with van der Waals surface area (Å²) >= 11 is 0. The van der Waals surface area contributed by atoms with Gasteiger partial charge in [-0.1, -0.05) is 45.0 Å². The molecule has 1 amide bonds. The van der Waals surface area contributed by atoms with Gasteiger partial charge in [0.25, 0.3) is 5.91 Å². The summed E-state index contributed by atoms with van der Waals surface area (Å²) in [5.74, 6) is 1.22. The maximum absolute atomic E-state index is 12.5. The van der Waals surface area contributed by atoms with Gasteiger partial charge in [-0.05, 0) is 23.1 Å². The normalized spacial score (nSPS) is 12.7. The van der Waals surface area contributed by atoms with E-state index in [1.807, 2.05) is 31.2 Å². The molecule has 0 aliphatic rings. The number of carbonyl (C=O) groups is 1. The molecule has 0 fully saturated rings. The van der Waals surface area contributed by atoms with Gasteiger partial charge in [-0.15, -0.1) is 0 Å². The predicted octanol–water partition coefficient (Wildman–Crippen LogP) is 3.76.